The zero-order chi connectivity index (χ0) is 28.1. The molecule has 3 rings (SSSR count). The van der Waals surface area contributed by atoms with Gasteiger partial charge in [-0.3, -0.25) is 9.59 Å². The van der Waals surface area contributed by atoms with Crippen LogP contribution in [0.4, 0.5) is 37.7 Å². The molecule has 0 fully saturated rings. The highest BCUT2D eigenvalue weighted by Crippen LogP contribution is 2.36. The quantitative estimate of drug-likeness (QED) is 0.293. The predicted molar refractivity (Wildman–Crippen MR) is 123 cm³/mol. The van der Waals surface area contributed by atoms with Crippen molar-refractivity contribution in [2.75, 3.05) is 24.4 Å². The van der Waals surface area contributed by atoms with Crippen molar-refractivity contribution in [1.82, 2.24) is 0 Å². The van der Waals surface area contributed by atoms with E-state index in [0.717, 1.165) is 0 Å². The van der Waals surface area contributed by atoms with Crippen LogP contribution in [0.5, 0.6) is 5.75 Å². The maximum Gasteiger partial charge on any atom is 0.416 e. The standard InChI is InChI=1S/C25H18F6N2O5/c1-37-20-5-3-2-4-19(20)33-22(35)14-6-8-18(9-7-14)32-21(34)13-38-23(36)15-10-16(24(26,27)28)12-17(11-15)25(29,30)31/h2-12H,13H2,1H3,(H,32,34)(H,33,35). The molecule has 0 unspecified atom stereocenters. The molecular formula is C25H18F6N2O5. The number of benzene rings is 3. The van der Waals surface area contributed by atoms with Crippen LogP contribution >= 0.6 is 0 Å². The van der Waals surface area contributed by atoms with Crippen molar-refractivity contribution in [1.29, 1.82) is 0 Å². The van der Waals surface area contributed by atoms with E-state index < -0.39 is 53.4 Å². The van der Waals surface area contributed by atoms with Crippen LogP contribution in [-0.2, 0) is 21.9 Å². The normalized spacial score (nSPS) is 11.4. The second-order valence-electron chi connectivity index (χ2n) is 7.65. The number of methoxy groups -OCH3 is 1. The van der Waals surface area contributed by atoms with Crippen LogP contribution in [0.2, 0.25) is 0 Å². The molecule has 0 spiro atoms. The molecule has 0 saturated carbocycles. The fourth-order valence-electron chi connectivity index (χ4n) is 3.13. The molecule has 0 aliphatic heterocycles. The third kappa shape index (κ3) is 7.24. The van der Waals surface area contributed by atoms with E-state index >= 15 is 0 Å². The van der Waals surface area contributed by atoms with E-state index in [4.69, 9.17) is 4.74 Å². The lowest BCUT2D eigenvalue weighted by molar-refractivity contribution is -0.143. The van der Waals surface area contributed by atoms with E-state index in [-0.39, 0.29) is 29.4 Å². The first-order chi connectivity index (χ1) is 17.8. The van der Waals surface area contributed by atoms with Crippen LogP contribution in [0.3, 0.4) is 0 Å². The predicted octanol–water partition coefficient (Wildman–Crippen LogP) is 5.78. The number of esters is 1. The minimum Gasteiger partial charge on any atom is -0.495 e. The summed E-state index contributed by atoms with van der Waals surface area (Å²) in [5.74, 6) is -2.51. The van der Waals surface area contributed by atoms with Gasteiger partial charge in [-0.1, -0.05) is 12.1 Å². The molecular weight excluding hydrogens is 522 g/mol. The van der Waals surface area contributed by atoms with Crippen LogP contribution in [-0.4, -0.2) is 31.5 Å². The molecule has 0 saturated heterocycles. The third-order valence-corrected chi connectivity index (χ3v) is 4.94. The molecule has 0 radical (unpaired) electrons. The third-order valence-electron chi connectivity index (χ3n) is 4.94. The summed E-state index contributed by atoms with van der Waals surface area (Å²) in [7, 11) is 1.44. The second-order valence-corrected chi connectivity index (χ2v) is 7.65. The lowest BCUT2D eigenvalue weighted by atomic mass is 10.0. The molecule has 38 heavy (non-hydrogen) atoms. The van der Waals surface area contributed by atoms with Gasteiger partial charge < -0.3 is 20.1 Å². The van der Waals surface area contributed by atoms with E-state index in [1.807, 2.05) is 0 Å². The molecule has 2 amide bonds. The molecule has 0 bridgehead atoms. The lowest BCUT2D eigenvalue weighted by Gasteiger charge is -2.14. The number of alkyl halides is 6. The van der Waals surface area contributed by atoms with Crippen molar-refractivity contribution in [3.05, 3.63) is 89.0 Å². The number of para-hydroxylation sites is 2. The Kier molecular flexibility index (Phi) is 8.29. The number of rotatable bonds is 7. The van der Waals surface area contributed by atoms with Gasteiger partial charge in [0.2, 0.25) is 0 Å². The number of hydrogen-bond donors (Lipinski definition) is 2. The summed E-state index contributed by atoms with van der Waals surface area (Å²) in [5.41, 5.74) is -3.58. The summed E-state index contributed by atoms with van der Waals surface area (Å²) in [6.07, 6.45) is -10.3. The van der Waals surface area contributed by atoms with E-state index in [2.05, 4.69) is 15.4 Å². The van der Waals surface area contributed by atoms with Gasteiger partial charge in [-0.15, -0.1) is 0 Å². The Morgan fingerprint density at radius 2 is 1.34 bits per heavy atom. The lowest BCUT2D eigenvalue weighted by Crippen LogP contribution is -2.22. The molecule has 0 aliphatic carbocycles. The monoisotopic (exact) mass is 540 g/mol. The molecule has 0 aromatic heterocycles. The van der Waals surface area contributed by atoms with Gasteiger partial charge in [0.1, 0.15) is 5.75 Å². The van der Waals surface area contributed by atoms with Crippen molar-refractivity contribution >= 4 is 29.2 Å². The van der Waals surface area contributed by atoms with E-state index in [0.29, 0.717) is 11.4 Å². The van der Waals surface area contributed by atoms with Gasteiger partial charge in [-0.25, -0.2) is 4.79 Å². The van der Waals surface area contributed by atoms with E-state index in [1.54, 1.807) is 24.3 Å². The van der Waals surface area contributed by atoms with Crippen LogP contribution < -0.4 is 15.4 Å². The van der Waals surface area contributed by atoms with Gasteiger partial charge >= 0.3 is 18.3 Å². The molecule has 7 nitrogen and oxygen atoms in total. The highest BCUT2D eigenvalue weighted by molar-refractivity contribution is 6.05. The van der Waals surface area contributed by atoms with E-state index in [9.17, 15) is 40.7 Å². The number of nitrogens with one attached hydrogen (secondary N) is 2. The number of carbonyl (C=O) groups is 3. The molecule has 0 atom stereocenters. The van der Waals surface area contributed by atoms with Gasteiger partial charge in [0.25, 0.3) is 11.8 Å². The first kappa shape index (κ1) is 28.0. The number of anilines is 2. The topological polar surface area (TPSA) is 93.7 Å². The van der Waals surface area contributed by atoms with Gasteiger partial charge in [0, 0.05) is 11.3 Å². The Morgan fingerprint density at radius 3 is 1.89 bits per heavy atom. The molecule has 3 aromatic rings. The summed E-state index contributed by atoms with van der Waals surface area (Å²) in [6, 6.07) is 12.5. The zero-order valence-corrected chi connectivity index (χ0v) is 19.4. The van der Waals surface area contributed by atoms with Gasteiger partial charge in [0.15, 0.2) is 6.61 Å². The van der Waals surface area contributed by atoms with Gasteiger partial charge in [-0.05, 0) is 54.6 Å². The van der Waals surface area contributed by atoms with Crippen LogP contribution in [0.1, 0.15) is 31.8 Å². The fraction of sp³-hybridized carbons (Fsp3) is 0.160. The maximum atomic E-state index is 13.0. The van der Waals surface area contributed by atoms with Crippen LogP contribution in [0, 0.1) is 0 Å². The fourth-order valence-corrected chi connectivity index (χ4v) is 3.13. The Balaban J connectivity index is 1.61. The minimum absolute atomic E-state index is 0.135. The van der Waals surface area contributed by atoms with Crippen molar-refractivity contribution in [2.45, 2.75) is 12.4 Å². The summed E-state index contributed by atoms with van der Waals surface area (Å²) in [4.78, 5) is 36.6. The second kappa shape index (κ2) is 11.2. The molecule has 0 heterocycles. The number of amides is 2. The number of hydrogen-bond acceptors (Lipinski definition) is 5. The summed E-state index contributed by atoms with van der Waals surface area (Å²) >= 11 is 0. The minimum atomic E-state index is -5.15. The highest BCUT2D eigenvalue weighted by Gasteiger charge is 2.37. The first-order valence-electron chi connectivity index (χ1n) is 10.6. The smallest absolute Gasteiger partial charge is 0.416 e. The van der Waals surface area contributed by atoms with Crippen LogP contribution in [0.25, 0.3) is 0 Å². The van der Waals surface area contributed by atoms with Crippen molar-refractivity contribution in [3.63, 3.8) is 0 Å². The number of ether oxygens (including phenoxy) is 2. The van der Waals surface area contributed by atoms with E-state index in [1.165, 1.54) is 31.4 Å². The van der Waals surface area contributed by atoms with Gasteiger partial charge in [-0.2, -0.15) is 26.3 Å². The van der Waals surface area contributed by atoms with Crippen molar-refractivity contribution < 1.29 is 50.2 Å². The van der Waals surface area contributed by atoms with Crippen molar-refractivity contribution in [3.8, 4) is 5.75 Å². The first-order valence-corrected chi connectivity index (χ1v) is 10.6. The molecule has 13 heteroatoms. The average molecular weight is 540 g/mol. The Bertz CT molecular complexity index is 1310. The summed E-state index contributed by atoms with van der Waals surface area (Å²) < 4.78 is 87.5. The molecule has 3 aromatic carbocycles. The summed E-state index contributed by atoms with van der Waals surface area (Å²) in [5, 5.41) is 4.99. The zero-order valence-electron chi connectivity index (χ0n) is 19.4. The molecule has 2 N–H and O–H groups in total. The largest absolute Gasteiger partial charge is 0.495 e. The number of carbonyl (C=O) groups excluding carboxylic acids is 3. The highest BCUT2D eigenvalue weighted by atomic mass is 19.4. The van der Waals surface area contributed by atoms with Crippen LogP contribution in [0.15, 0.2) is 66.7 Å². The summed E-state index contributed by atoms with van der Waals surface area (Å²) in [6.45, 7) is -0.994. The molecule has 200 valence electrons. The van der Waals surface area contributed by atoms with Gasteiger partial charge in [0.05, 0.1) is 29.5 Å². The molecule has 0 aliphatic rings. The van der Waals surface area contributed by atoms with Crippen molar-refractivity contribution in [2.24, 2.45) is 0 Å². The maximum absolute atomic E-state index is 13.0. The number of halogens is 6. The Hall–Kier alpha value is -4.55. The SMILES string of the molecule is COc1ccccc1NC(=O)c1ccc(NC(=O)COC(=O)c2cc(C(F)(F)F)cc(C(F)(F)F)c2)cc1. The Labute approximate surface area is 211 Å². The Morgan fingerprint density at radius 1 is 0.763 bits per heavy atom. The average Bonchev–Trinajstić information content (AvgIpc) is 2.86.